The summed E-state index contributed by atoms with van der Waals surface area (Å²) in [6.07, 6.45) is 10.5. The molecule has 0 bridgehead atoms. The molecule has 0 saturated heterocycles. The van der Waals surface area contributed by atoms with Crippen molar-refractivity contribution in [1.29, 1.82) is 0 Å². The summed E-state index contributed by atoms with van der Waals surface area (Å²) < 4.78 is 12.6. The van der Waals surface area contributed by atoms with Crippen LogP contribution in [0, 0.1) is 5.92 Å². The van der Waals surface area contributed by atoms with Gasteiger partial charge in [0, 0.05) is 12.0 Å². The fourth-order valence-electron chi connectivity index (χ4n) is 4.41. The molecule has 0 N–H and O–H groups in total. The molecule has 2 aromatic rings. The van der Waals surface area contributed by atoms with Crippen LogP contribution in [0.3, 0.4) is 0 Å². The summed E-state index contributed by atoms with van der Waals surface area (Å²) in [5, 5.41) is 0. The lowest BCUT2D eigenvalue weighted by Crippen LogP contribution is -2.40. The summed E-state index contributed by atoms with van der Waals surface area (Å²) in [4.78, 5) is 12.6. The zero-order valence-corrected chi connectivity index (χ0v) is 23.5. The Balaban J connectivity index is 1.70. The van der Waals surface area contributed by atoms with Crippen LogP contribution in [-0.4, -0.2) is 43.8 Å². The molecule has 0 aliphatic rings. The Bertz CT molecular complexity index is 847. The van der Waals surface area contributed by atoms with Crippen molar-refractivity contribution in [3.63, 3.8) is 0 Å². The minimum absolute atomic E-state index is 0.128. The maximum atomic E-state index is 12.6. The third-order valence-corrected chi connectivity index (χ3v) is 6.94. The van der Waals surface area contributed by atoms with E-state index in [2.05, 4.69) is 64.3 Å². The lowest BCUT2D eigenvalue weighted by atomic mass is 10.0. The highest BCUT2D eigenvalue weighted by Gasteiger charge is 2.22. The van der Waals surface area contributed by atoms with Crippen LogP contribution in [0.1, 0.15) is 83.3 Å². The van der Waals surface area contributed by atoms with Crippen LogP contribution in [0.15, 0.2) is 54.6 Å². The summed E-state index contributed by atoms with van der Waals surface area (Å²) >= 11 is 0. The fraction of sp³-hybridized carbons (Fsp3) is 0.594. The molecule has 0 heterocycles. The van der Waals surface area contributed by atoms with Gasteiger partial charge in [-0.1, -0.05) is 95.3 Å². The van der Waals surface area contributed by atoms with Gasteiger partial charge in [-0.25, -0.2) is 0 Å². The van der Waals surface area contributed by atoms with E-state index in [4.69, 9.17) is 9.47 Å². The monoisotopic (exact) mass is 496 g/mol. The Morgan fingerprint density at radius 3 is 2.19 bits per heavy atom. The van der Waals surface area contributed by atoms with Crippen LogP contribution < -0.4 is 4.74 Å². The number of nitrogens with zero attached hydrogens (tertiary/aromatic N) is 1. The third kappa shape index (κ3) is 12.1. The van der Waals surface area contributed by atoms with E-state index in [1.54, 1.807) is 0 Å². The molecule has 0 radical (unpaired) electrons. The number of unbranched alkanes of at least 4 members (excludes halogenated alkanes) is 5. The van der Waals surface area contributed by atoms with Gasteiger partial charge in [0.2, 0.25) is 0 Å². The van der Waals surface area contributed by atoms with Crippen LogP contribution in [-0.2, 0) is 22.5 Å². The molecule has 0 aromatic heterocycles. The van der Waals surface area contributed by atoms with Gasteiger partial charge in [-0.05, 0) is 37.0 Å². The van der Waals surface area contributed by atoms with Crippen molar-refractivity contribution >= 4 is 5.97 Å². The van der Waals surface area contributed by atoms with Gasteiger partial charge < -0.3 is 14.0 Å². The number of carbonyl (C=O) groups is 1. The van der Waals surface area contributed by atoms with Crippen molar-refractivity contribution < 1.29 is 18.8 Å². The molecule has 2 aromatic carbocycles. The second-order valence-electron chi connectivity index (χ2n) is 10.9. The summed E-state index contributed by atoms with van der Waals surface area (Å²) in [6, 6.07) is 18.9. The molecule has 36 heavy (non-hydrogen) atoms. The number of aryl methyl sites for hydroxylation is 1. The van der Waals surface area contributed by atoms with Crippen molar-refractivity contribution in [1.82, 2.24) is 0 Å². The van der Waals surface area contributed by atoms with Crippen LogP contribution >= 0.6 is 0 Å². The van der Waals surface area contributed by atoms with Crippen molar-refractivity contribution in [3.8, 4) is 5.75 Å². The molecule has 2 unspecified atom stereocenters. The Morgan fingerprint density at radius 2 is 1.53 bits per heavy atom. The molecule has 0 amide bonds. The second kappa shape index (κ2) is 16.4. The Morgan fingerprint density at radius 1 is 0.861 bits per heavy atom. The van der Waals surface area contributed by atoms with Crippen molar-refractivity contribution in [3.05, 3.63) is 65.7 Å². The smallest absolute Gasteiger partial charge is 0.309 e. The molecular formula is C32H50NO3+. The lowest BCUT2D eigenvalue weighted by Gasteiger charge is -2.30. The minimum atomic E-state index is -0.133. The normalized spacial score (nSPS) is 13.2. The Hall–Kier alpha value is -2.33. The molecule has 4 heteroatoms. The lowest BCUT2D eigenvalue weighted by molar-refractivity contribution is -0.904. The first-order valence-corrected chi connectivity index (χ1v) is 14.1. The van der Waals surface area contributed by atoms with E-state index in [0.29, 0.717) is 6.61 Å². The number of rotatable bonds is 18. The summed E-state index contributed by atoms with van der Waals surface area (Å²) in [7, 11) is 4.43. The number of carbonyl (C=O) groups excluding carboxylic acids is 1. The van der Waals surface area contributed by atoms with Gasteiger partial charge in [-0.15, -0.1) is 0 Å². The minimum Gasteiger partial charge on any atom is -0.487 e. The molecule has 2 rings (SSSR count). The highest BCUT2D eigenvalue weighted by atomic mass is 16.6. The molecule has 4 nitrogen and oxygen atoms in total. The van der Waals surface area contributed by atoms with Crippen molar-refractivity contribution in [2.24, 2.45) is 5.92 Å². The molecule has 0 spiro atoms. The predicted molar refractivity (Wildman–Crippen MR) is 150 cm³/mol. The van der Waals surface area contributed by atoms with Crippen molar-refractivity contribution in [2.75, 3.05) is 27.2 Å². The SMILES string of the molecule is CCCCCCCCc1ccc(OC(CC)COC(=O)C(C)CC[N+](C)(C)Cc2ccccc2)cc1. The van der Waals surface area contributed by atoms with Gasteiger partial charge in [0.05, 0.1) is 26.6 Å². The largest absolute Gasteiger partial charge is 0.487 e. The number of benzene rings is 2. The van der Waals surface area contributed by atoms with E-state index < -0.39 is 0 Å². The average molecular weight is 497 g/mol. The van der Waals surface area contributed by atoms with Gasteiger partial charge in [0.1, 0.15) is 25.0 Å². The summed E-state index contributed by atoms with van der Waals surface area (Å²) in [5.74, 6) is 0.584. The first-order valence-electron chi connectivity index (χ1n) is 14.1. The molecule has 0 saturated carbocycles. The van der Waals surface area contributed by atoms with Crippen LogP contribution in [0.4, 0.5) is 0 Å². The van der Waals surface area contributed by atoms with E-state index in [9.17, 15) is 4.79 Å². The van der Waals surface area contributed by atoms with E-state index in [-0.39, 0.29) is 18.0 Å². The van der Waals surface area contributed by atoms with Gasteiger partial charge in [0.15, 0.2) is 0 Å². The zero-order chi connectivity index (χ0) is 26.2. The van der Waals surface area contributed by atoms with Gasteiger partial charge >= 0.3 is 5.97 Å². The average Bonchev–Trinajstić information content (AvgIpc) is 2.88. The number of ether oxygens (including phenoxy) is 2. The standard InChI is InChI=1S/C32H50NO3/c1-6-8-9-10-11-13-16-28-19-21-31(22-20-28)36-30(7-2)26-35-32(34)27(3)23-24-33(4,5)25-29-17-14-12-15-18-29/h12,14-15,17-22,27,30H,6-11,13,16,23-26H2,1-5H3/q+1. The van der Waals surface area contributed by atoms with Crippen LogP contribution in [0.2, 0.25) is 0 Å². The quantitative estimate of drug-likeness (QED) is 0.121. The van der Waals surface area contributed by atoms with E-state index >= 15 is 0 Å². The van der Waals surface area contributed by atoms with Gasteiger partial charge in [0.25, 0.3) is 0 Å². The Labute approximate surface area is 220 Å². The zero-order valence-electron chi connectivity index (χ0n) is 23.5. The topological polar surface area (TPSA) is 35.5 Å². The van der Waals surface area contributed by atoms with Gasteiger partial charge in [-0.2, -0.15) is 0 Å². The predicted octanol–water partition coefficient (Wildman–Crippen LogP) is 7.59. The highest BCUT2D eigenvalue weighted by molar-refractivity contribution is 5.71. The number of hydrogen-bond donors (Lipinski definition) is 0. The number of hydrogen-bond acceptors (Lipinski definition) is 3. The summed E-state index contributed by atoms with van der Waals surface area (Å²) in [5.41, 5.74) is 2.68. The molecule has 2 atom stereocenters. The fourth-order valence-corrected chi connectivity index (χ4v) is 4.41. The summed E-state index contributed by atoms with van der Waals surface area (Å²) in [6.45, 7) is 8.46. The molecule has 200 valence electrons. The maximum Gasteiger partial charge on any atom is 0.309 e. The van der Waals surface area contributed by atoms with Crippen LogP contribution in [0.25, 0.3) is 0 Å². The number of esters is 1. The van der Waals surface area contributed by atoms with E-state index in [1.807, 2.05) is 25.1 Å². The number of quaternary nitrogens is 1. The first kappa shape index (κ1) is 29.9. The second-order valence-corrected chi connectivity index (χ2v) is 10.9. The van der Waals surface area contributed by atoms with Crippen molar-refractivity contribution in [2.45, 2.75) is 91.2 Å². The third-order valence-electron chi connectivity index (χ3n) is 6.94. The molecule has 0 aliphatic heterocycles. The molecular weight excluding hydrogens is 446 g/mol. The van der Waals surface area contributed by atoms with E-state index in [0.717, 1.165) is 42.6 Å². The first-order chi connectivity index (χ1) is 17.3. The van der Waals surface area contributed by atoms with Crippen LogP contribution in [0.5, 0.6) is 5.75 Å². The highest BCUT2D eigenvalue weighted by Crippen LogP contribution is 2.18. The Kier molecular flexibility index (Phi) is 13.6. The van der Waals surface area contributed by atoms with Gasteiger partial charge in [-0.3, -0.25) is 4.79 Å². The molecule has 0 fully saturated rings. The maximum absolute atomic E-state index is 12.6. The molecule has 0 aliphatic carbocycles. The van der Waals surface area contributed by atoms with E-state index in [1.165, 1.54) is 49.7 Å².